The van der Waals surface area contributed by atoms with Crippen molar-refractivity contribution in [1.82, 2.24) is 4.98 Å². The third kappa shape index (κ3) is 1.25. The molecular formula is C12H13NSe. The van der Waals surface area contributed by atoms with Gasteiger partial charge in [0.2, 0.25) is 0 Å². The number of hydrogen-bond acceptors (Lipinski definition) is 1. The van der Waals surface area contributed by atoms with E-state index in [0.717, 1.165) is 0 Å². The Labute approximate surface area is 89.9 Å². The van der Waals surface area contributed by atoms with E-state index in [2.05, 4.69) is 24.0 Å². The van der Waals surface area contributed by atoms with Crippen molar-refractivity contribution in [2.24, 2.45) is 0 Å². The fourth-order valence-corrected chi connectivity index (χ4v) is 4.45. The first-order valence-corrected chi connectivity index (χ1v) is 6.94. The minimum atomic E-state index is 0.526. The van der Waals surface area contributed by atoms with Crippen LogP contribution in [0.3, 0.4) is 0 Å². The molecule has 2 heteroatoms. The van der Waals surface area contributed by atoms with Gasteiger partial charge in [0, 0.05) is 0 Å². The van der Waals surface area contributed by atoms with Crippen LogP contribution < -0.4 is 0 Å². The molecule has 0 fully saturated rings. The van der Waals surface area contributed by atoms with E-state index in [0.29, 0.717) is 14.5 Å². The first-order chi connectivity index (χ1) is 6.84. The van der Waals surface area contributed by atoms with E-state index >= 15 is 0 Å². The zero-order valence-electron chi connectivity index (χ0n) is 8.34. The molecule has 0 atom stereocenters. The SMILES string of the molecule is Cc1nc2ccc3c(c2[se]1)CCCC3. The van der Waals surface area contributed by atoms with Crippen LogP contribution in [0.4, 0.5) is 0 Å². The van der Waals surface area contributed by atoms with Crippen LogP contribution in [0.15, 0.2) is 12.1 Å². The number of fused-ring (bicyclic) bond motifs is 3. The topological polar surface area (TPSA) is 12.9 Å². The summed E-state index contributed by atoms with van der Waals surface area (Å²) in [6.45, 7) is 2.16. The first kappa shape index (κ1) is 8.70. The van der Waals surface area contributed by atoms with Crippen molar-refractivity contribution in [1.29, 1.82) is 0 Å². The van der Waals surface area contributed by atoms with Crippen LogP contribution >= 0.6 is 0 Å². The molecule has 0 bridgehead atoms. The Kier molecular flexibility index (Phi) is 2.00. The fourth-order valence-electron chi connectivity index (χ4n) is 2.32. The van der Waals surface area contributed by atoms with Crippen LogP contribution in [0.2, 0.25) is 0 Å². The van der Waals surface area contributed by atoms with Gasteiger partial charge in [-0.05, 0) is 0 Å². The first-order valence-electron chi connectivity index (χ1n) is 5.22. The zero-order valence-corrected chi connectivity index (χ0v) is 10.1. The van der Waals surface area contributed by atoms with Gasteiger partial charge in [-0.2, -0.15) is 0 Å². The van der Waals surface area contributed by atoms with E-state index in [1.165, 1.54) is 35.8 Å². The second kappa shape index (κ2) is 3.22. The molecule has 72 valence electrons. The Balaban J connectivity index is 2.33. The predicted octanol–water partition coefficient (Wildman–Crippen LogP) is 2.48. The predicted molar refractivity (Wildman–Crippen MR) is 60.1 cm³/mol. The van der Waals surface area contributed by atoms with Crippen molar-refractivity contribution in [3.8, 4) is 0 Å². The summed E-state index contributed by atoms with van der Waals surface area (Å²) in [6.07, 6.45) is 5.33. The molecule has 1 nitrogen and oxygen atoms in total. The molecule has 0 aliphatic heterocycles. The maximum absolute atomic E-state index is 4.60. The summed E-state index contributed by atoms with van der Waals surface area (Å²) in [6, 6.07) is 4.52. The normalized spacial score (nSPS) is 15.8. The molecule has 1 heterocycles. The molecule has 14 heavy (non-hydrogen) atoms. The summed E-state index contributed by atoms with van der Waals surface area (Å²) < 4.78 is 2.93. The number of aryl methyl sites for hydroxylation is 3. The Bertz CT molecular complexity index is 484. The van der Waals surface area contributed by atoms with Gasteiger partial charge in [0.25, 0.3) is 0 Å². The molecule has 0 N–H and O–H groups in total. The van der Waals surface area contributed by atoms with E-state index in [1.807, 2.05) is 0 Å². The van der Waals surface area contributed by atoms with Crippen LogP contribution in [0, 0.1) is 6.92 Å². The summed E-state index contributed by atoms with van der Waals surface area (Å²) in [5, 5.41) is 0. The van der Waals surface area contributed by atoms with Crippen molar-refractivity contribution in [2.75, 3.05) is 0 Å². The molecule has 0 saturated heterocycles. The number of nitrogens with zero attached hydrogens (tertiary/aromatic N) is 1. The average Bonchev–Trinajstić information content (AvgIpc) is 2.59. The molecule has 0 radical (unpaired) electrons. The Hall–Kier alpha value is -0.591. The Morgan fingerprint density at radius 2 is 2.07 bits per heavy atom. The van der Waals surface area contributed by atoms with Crippen LogP contribution in [0.25, 0.3) is 9.78 Å². The summed E-state index contributed by atoms with van der Waals surface area (Å²) in [4.78, 5) is 4.60. The van der Waals surface area contributed by atoms with E-state index in [4.69, 9.17) is 0 Å². The Morgan fingerprint density at radius 3 is 3.00 bits per heavy atom. The van der Waals surface area contributed by atoms with Crippen LogP contribution in [0.5, 0.6) is 0 Å². The molecule has 1 aliphatic rings. The van der Waals surface area contributed by atoms with Crippen LogP contribution in [-0.4, -0.2) is 19.5 Å². The Morgan fingerprint density at radius 1 is 1.21 bits per heavy atom. The van der Waals surface area contributed by atoms with Crippen molar-refractivity contribution in [3.63, 3.8) is 0 Å². The summed E-state index contributed by atoms with van der Waals surface area (Å²) in [7, 11) is 0. The molecule has 1 aromatic heterocycles. The van der Waals surface area contributed by atoms with E-state index < -0.39 is 0 Å². The number of aromatic nitrogens is 1. The van der Waals surface area contributed by atoms with Crippen molar-refractivity contribution >= 4 is 24.3 Å². The molecule has 1 aliphatic carbocycles. The van der Waals surface area contributed by atoms with Gasteiger partial charge in [-0.1, -0.05) is 0 Å². The number of hydrogen-bond donors (Lipinski definition) is 0. The third-order valence-corrected chi connectivity index (χ3v) is 5.18. The summed E-state index contributed by atoms with van der Waals surface area (Å²) >= 11 is 0.526. The molecule has 0 saturated carbocycles. The molecule has 3 rings (SSSR count). The number of rotatable bonds is 0. The molecule has 2 aromatic rings. The van der Waals surface area contributed by atoms with Gasteiger partial charge < -0.3 is 0 Å². The minimum absolute atomic E-state index is 0.526. The van der Waals surface area contributed by atoms with Gasteiger partial charge in [0.1, 0.15) is 0 Å². The van der Waals surface area contributed by atoms with E-state index in [1.54, 1.807) is 15.4 Å². The maximum atomic E-state index is 4.60. The average molecular weight is 250 g/mol. The van der Waals surface area contributed by atoms with Gasteiger partial charge in [-0.25, -0.2) is 0 Å². The van der Waals surface area contributed by atoms with Crippen LogP contribution in [-0.2, 0) is 12.8 Å². The standard InChI is InChI=1S/C12H13NSe/c1-8-13-11-7-6-9-4-2-3-5-10(9)12(11)14-8/h6-7H,2-5H2,1H3. The summed E-state index contributed by atoms with van der Waals surface area (Å²) in [5.41, 5.74) is 4.51. The molecule has 1 aromatic carbocycles. The fraction of sp³-hybridized carbons (Fsp3) is 0.417. The second-order valence-electron chi connectivity index (χ2n) is 3.99. The van der Waals surface area contributed by atoms with Crippen molar-refractivity contribution < 1.29 is 0 Å². The van der Waals surface area contributed by atoms with Crippen molar-refractivity contribution in [3.05, 3.63) is 27.8 Å². The van der Waals surface area contributed by atoms with Gasteiger partial charge in [0.05, 0.1) is 0 Å². The van der Waals surface area contributed by atoms with E-state index in [9.17, 15) is 0 Å². The van der Waals surface area contributed by atoms with Crippen molar-refractivity contribution in [2.45, 2.75) is 32.6 Å². The molecule has 0 unspecified atom stereocenters. The molecule has 0 amide bonds. The number of benzene rings is 1. The van der Waals surface area contributed by atoms with Crippen LogP contribution in [0.1, 0.15) is 28.5 Å². The second-order valence-corrected chi connectivity index (χ2v) is 6.52. The van der Waals surface area contributed by atoms with Gasteiger partial charge in [0.15, 0.2) is 0 Å². The monoisotopic (exact) mass is 251 g/mol. The van der Waals surface area contributed by atoms with E-state index in [-0.39, 0.29) is 0 Å². The summed E-state index contributed by atoms with van der Waals surface area (Å²) in [5.74, 6) is 0. The van der Waals surface area contributed by atoms with Gasteiger partial charge in [-0.3, -0.25) is 0 Å². The molecule has 0 spiro atoms. The quantitative estimate of drug-likeness (QED) is 0.654. The van der Waals surface area contributed by atoms with Gasteiger partial charge in [-0.15, -0.1) is 0 Å². The van der Waals surface area contributed by atoms with Gasteiger partial charge >= 0.3 is 89.7 Å². The third-order valence-electron chi connectivity index (χ3n) is 2.99. The molecular weight excluding hydrogens is 237 g/mol. The zero-order chi connectivity index (χ0) is 9.54.